The molecule has 1 amide bonds. The Balaban J connectivity index is 1.92. The number of carbonyl (C=O) groups excluding carboxylic acids is 1. The first-order chi connectivity index (χ1) is 9.66. The summed E-state index contributed by atoms with van der Waals surface area (Å²) in [6.45, 7) is 0.573. The molecule has 20 heavy (non-hydrogen) atoms. The van der Waals surface area contributed by atoms with Gasteiger partial charge >= 0.3 is 5.97 Å². The predicted octanol–water partition coefficient (Wildman–Crippen LogP) is 1.36. The van der Waals surface area contributed by atoms with Gasteiger partial charge in [0.05, 0.1) is 13.2 Å². The van der Waals surface area contributed by atoms with Crippen LogP contribution < -0.4 is 0 Å². The molecule has 1 aromatic carbocycles. The van der Waals surface area contributed by atoms with Crippen LogP contribution in [0.5, 0.6) is 0 Å². The molecule has 1 N–H and O–H groups in total. The fourth-order valence-electron chi connectivity index (χ4n) is 2.28. The van der Waals surface area contributed by atoms with E-state index in [1.165, 1.54) is 4.90 Å². The lowest BCUT2D eigenvalue weighted by Crippen LogP contribution is -2.52. The quantitative estimate of drug-likeness (QED) is 0.895. The van der Waals surface area contributed by atoms with Gasteiger partial charge in [-0.3, -0.25) is 4.79 Å². The number of aliphatic carboxylic acids is 1. The van der Waals surface area contributed by atoms with Crippen LogP contribution in [-0.2, 0) is 9.53 Å². The van der Waals surface area contributed by atoms with Gasteiger partial charge in [-0.2, -0.15) is 0 Å². The number of morpholine rings is 1. The highest BCUT2D eigenvalue weighted by atomic mass is 16.5. The molecule has 1 saturated heterocycles. The van der Waals surface area contributed by atoms with E-state index in [1.807, 2.05) is 18.2 Å². The lowest BCUT2D eigenvalue weighted by molar-refractivity contribution is -0.147. The maximum absolute atomic E-state index is 12.4. The SMILES string of the molecule is O=C(O)[C@@H]1COCCN1C(=O)c1cc2ccccc2o1. The van der Waals surface area contributed by atoms with E-state index in [1.54, 1.807) is 12.1 Å². The first-order valence-corrected chi connectivity index (χ1v) is 6.27. The number of nitrogens with zero attached hydrogens (tertiary/aromatic N) is 1. The number of amides is 1. The number of rotatable bonds is 2. The van der Waals surface area contributed by atoms with Crippen LogP contribution in [0.15, 0.2) is 34.7 Å². The van der Waals surface area contributed by atoms with Crippen LogP contribution >= 0.6 is 0 Å². The number of para-hydroxylation sites is 1. The van der Waals surface area contributed by atoms with E-state index in [-0.39, 0.29) is 18.9 Å². The minimum absolute atomic E-state index is 0.00129. The lowest BCUT2D eigenvalue weighted by Gasteiger charge is -2.32. The van der Waals surface area contributed by atoms with Gasteiger partial charge in [0.25, 0.3) is 5.91 Å². The zero-order chi connectivity index (χ0) is 14.1. The standard InChI is InChI=1S/C14H13NO5/c16-13(15-5-6-19-8-10(15)14(17)18)12-7-9-3-1-2-4-11(9)20-12/h1-4,7,10H,5-6,8H2,(H,17,18)/t10-/m0/s1. The Morgan fingerprint density at radius 3 is 2.85 bits per heavy atom. The Hall–Kier alpha value is -2.34. The summed E-state index contributed by atoms with van der Waals surface area (Å²) in [5.41, 5.74) is 0.607. The Morgan fingerprint density at radius 1 is 1.30 bits per heavy atom. The molecular weight excluding hydrogens is 262 g/mol. The fourth-order valence-corrected chi connectivity index (χ4v) is 2.28. The van der Waals surface area contributed by atoms with Crippen molar-refractivity contribution in [3.8, 4) is 0 Å². The number of carboxylic acids is 1. The average Bonchev–Trinajstić information content (AvgIpc) is 2.90. The van der Waals surface area contributed by atoms with Gasteiger partial charge in [-0.25, -0.2) is 4.79 Å². The Kier molecular flexibility index (Phi) is 3.15. The highest BCUT2D eigenvalue weighted by molar-refractivity contribution is 5.98. The van der Waals surface area contributed by atoms with Crippen molar-refractivity contribution < 1.29 is 23.8 Å². The number of hydrogen-bond acceptors (Lipinski definition) is 4. The average molecular weight is 275 g/mol. The molecule has 6 heteroatoms. The molecule has 0 spiro atoms. The Bertz CT molecular complexity index is 629. The number of carboxylic acid groups (broad SMARTS) is 1. The van der Waals surface area contributed by atoms with E-state index >= 15 is 0 Å². The molecule has 1 fully saturated rings. The highest BCUT2D eigenvalue weighted by Gasteiger charge is 2.34. The molecule has 2 aromatic rings. The van der Waals surface area contributed by atoms with Crippen LogP contribution in [0.4, 0.5) is 0 Å². The van der Waals surface area contributed by atoms with Crippen LogP contribution in [-0.4, -0.2) is 47.7 Å². The van der Waals surface area contributed by atoms with Crippen molar-refractivity contribution in [3.63, 3.8) is 0 Å². The molecule has 1 aliphatic rings. The van der Waals surface area contributed by atoms with Crippen LogP contribution in [0.1, 0.15) is 10.6 Å². The predicted molar refractivity (Wildman–Crippen MR) is 69.5 cm³/mol. The third-order valence-corrected chi connectivity index (χ3v) is 3.31. The number of furan rings is 1. The van der Waals surface area contributed by atoms with Crippen molar-refractivity contribution >= 4 is 22.8 Å². The van der Waals surface area contributed by atoms with Crippen molar-refractivity contribution in [2.24, 2.45) is 0 Å². The molecule has 2 heterocycles. The molecule has 6 nitrogen and oxygen atoms in total. The van der Waals surface area contributed by atoms with Crippen LogP contribution in [0.3, 0.4) is 0 Å². The largest absolute Gasteiger partial charge is 0.480 e. The van der Waals surface area contributed by atoms with Gasteiger partial charge in [0.15, 0.2) is 11.8 Å². The smallest absolute Gasteiger partial charge is 0.328 e. The monoisotopic (exact) mass is 275 g/mol. The first-order valence-electron chi connectivity index (χ1n) is 6.27. The topological polar surface area (TPSA) is 80.0 Å². The number of hydrogen-bond donors (Lipinski definition) is 1. The number of benzene rings is 1. The molecule has 1 aliphatic heterocycles. The minimum atomic E-state index is -1.07. The van der Waals surface area contributed by atoms with Gasteiger partial charge in [0, 0.05) is 11.9 Å². The summed E-state index contributed by atoms with van der Waals surface area (Å²) in [5.74, 6) is -1.34. The van der Waals surface area contributed by atoms with E-state index < -0.39 is 17.9 Å². The van der Waals surface area contributed by atoms with Gasteiger partial charge in [0.2, 0.25) is 0 Å². The van der Waals surface area contributed by atoms with Crippen LogP contribution in [0, 0.1) is 0 Å². The zero-order valence-corrected chi connectivity index (χ0v) is 10.6. The van der Waals surface area contributed by atoms with Gasteiger partial charge in [-0.15, -0.1) is 0 Å². The van der Waals surface area contributed by atoms with Gasteiger partial charge in [0.1, 0.15) is 5.58 Å². The van der Waals surface area contributed by atoms with Gasteiger partial charge in [-0.05, 0) is 12.1 Å². The van der Waals surface area contributed by atoms with E-state index in [9.17, 15) is 9.59 Å². The number of fused-ring (bicyclic) bond motifs is 1. The normalized spacial score (nSPS) is 19.2. The second-order valence-electron chi connectivity index (χ2n) is 4.58. The van der Waals surface area contributed by atoms with E-state index in [0.29, 0.717) is 12.2 Å². The summed E-state index contributed by atoms with van der Waals surface area (Å²) < 4.78 is 10.6. The molecule has 1 atom stereocenters. The van der Waals surface area contributed by atoms with Crippen molar-refractivity contribution in [3.05, 3.63) is 36.1 Å². The summed E-state index contributed by atoms with van der Waals surface area (Å²) in [7, 11) is 0. The molecule has 1 aromatic heterocycles. The van der Waals surface area contributed by atoms with E-state index in [0.717, 1.165) is 5.39 Å². The molecule has 0 unspecified atom stereocenters. The van der Waals surface area contributed by atoms with Crippen LogP contribution in [0.2, 0.25) is 0 Å². The maximum Gasteiger partial charge on any atom is 0.328 e. The van der Waals surface area contributed by atoms with Crippen molar-refractivity contribution in [2.75, 3.05) is 19.8 Å². The van der Waals surface area contributed by atoms with E-state index in [4.69, 9.17) is 14.3 Å². The maximum atomic E-state index is 12.4. The first kappa shape index (κ1) is 12.7. The lowest BCUT2D eigenvalue weighted by atomic mass is 10.2. The van der Waals surface area contributed by atoms with Gasteiger partial charge < -0.3 is 19.2 Å². The molecule has 0 saturated carbocycles. The molecule has 0 radical (unpaired) electrons. The van der Waals surface area contributed by atoms with Crippen molar-refractivity contribution in [2.45, 2.75) is 6.04 Å². The molecule has 3 rings (SSSR count). The summed E-state index contributed by atoms with van der Waals surface area (Å²) in [4.78, 5) is 24.8. The summed E-state index contributed by atoms with van der Waals surface area (Å²) in [6, 6.07) is 7.93. The van der Waals surface area contributed by atoms with Crippen LogP contribution in [0.25, 0.3) is 11.0 Å². The van der Waals surface area contributed by atoms with Crippen molar-refractivity contribution in [1.82, 2.24) is 4.90 Å². The third-order valence-electron chi connectivity index (χ3n) is 3.31. The third kappa shape index (κ3) is 2.14. The molecule has 0 aliphatic carbocycles. The summed E-state index contributed by atoms with van der Waals surface area (Å²) in [5, 5.41) is 9.96. The van der Waals surface area contributed by atoms with Crippen molar-refractivity contribution in [1.29, 1.82) is 0 Å². The second-order valence-corrected chi connectivity index (χ2v) is 4.58. The number of ether oxygens (including phenoxy) is 1. The molecule has 104 valence electrons. The Labute approximate surface area is 114 Å². The van der Waals surface area contributed by atoms with E-state index in [2.05, 4.69) is 0 Å². The highest BCUT2D eigenvalue weighted by Crippen LogP contribution is 2.21. The molecule has 0 bridgehead atoms. The Morgan fingerprint density at radius 2 is 2.10 bits per heavy atom. The fraction of sp³-hybridized carbons (Fsp3) is 0.286. The minimum Gasteiger partial charge on any atom is -0.480 e. The zero-order valence-electron chi connectivity index (χ0n) is 10.6. The van der Waals surface area contributed by atoms with Gasteiger partial charge in [-0.1, -0.05) is 18.2 Å². The number of carbonyl (C=O) groups is 2. The molecular formula is C14H13NO5. The summed E-state index contributed by atoms with van der Waals surface area (Å²) >= 11 is 0. The summed E-state index contributed by atoms with van der Waals surface area (Å²) in [6.07, 6.45) is 0. The second kappa shape index (κ2) is 4.97.